The predicted octanol–water partition coefficient (Wildman–Crippen LogP) is 4.42. The summed E-state index contributed by atoms with van der Waals surface area (Å²) in [6.45, 7) is 8.41. The van der Waals surface area contributed by atoms with Crippen LogP contribution in [-0.2, 0) is 6.42 Å². The van der Waals surface area contributed by atoms with Gasteiger partial charge in [-0.25, -0.2) is 0 Å². The maximum Gasteiger partial charge on any atom is -0.00102 e. The van der Waals surface area contributed by atoms with Crippen molar-refractivity contribution in [1.82, 2.24) is 0 Å². The first-order chi connectivity index (χ1) is 7.27. The number of rotatable bonds is 4. The lowest BCUT2D eigenvalue weighted by atomic mass is 9.89. The zero-order chi connectivity index (χ0) is 10.8. The van der Waals surface area contributed by atoms with Crippen LogP contribution in [-0.4, -0.2) is 0 Å². The van der Waals surface area contributed by atoms with E-state index in [2.05, 4.69) is 44.7 Å². The molecular weight excluding hydrogens is 180 g/mol. The van der Waals surface area contributed by atoms with Crippen LogP contribution in [0.1, 0.15) is 55.2 Å². The van der Waals surface area contributed by atoms with E-state index in [-0.39, 0.29) is 0 Å². The third-order valence-electron chi connectivity index (χ3n) is 3.44. The van der Waals surface area contributed by atoms with Crippen molar-refractivity contribution in [1.29, 1.82) is 0 Å². The lowest BCUT2D eigenvalue weighted by Crippen LogP contribution is -2.00. The Morgan fingerprint density at radius 2 is 2.20 bits per heavy atom. The molecule has 1 unspecified atom stereocenters. The average Bonchev–Trinajstić information content (AvgIpc) is 3.10. The van der Waals surface area contributed by atoms with Gasteiger partial charge in [0.05, 0.1) is 0 Å². The molecule has 0 aromatic heterocycles. The molecule has 1 aromatic carbocycles. The van der Waals surface area contributed by atoms with Crippen LogP contribution in [0.15, 0.2) is 30.9 Å². The van der Waals surface area contributed by atoms with E-state index in [9.17, 15) is 0 Å². The van der Waals surface area contributed by atoms with Crippen LogP contribution in [0.2, 0.25) is 0 Å². The summed E-state index contributed by atoms with van der Waals surface area (Å²) in [7, 11) is 0. The van der Waals surface area contributed by atoms with Gasteiger partial charge in [0.15, 0.2) is 0 Å². The van der Waals surface area contributed by atoms with Gasteiger partial charge < -0.3 is 0 Å². The summed E-state index contributed by atoms with van der Waals surface area (Å²) in [4.78, 5) is 0. The predicted molar refractivity (Wildman–Crippen MR) is 66.4 cm³/mol. The van der Waals surface area contributed by atoms with Gasteiger partial charge in [-0.1, -0.05) is 38.1 Å². The summed E-state index contributed by atoms with van der Waals surface area (Å²) in [5.41, 5.74) is 4.68. The fourth-order valence-electron chi connectivity index (χ4n) is 2.34. The molecule has 80 valence electrons. The lowest BCUT2D eigenvalue weighted by molar-refractivity contribution is 0.905. The van der Waals surface area contributed by atoms with Gasteiger partial charge in [-0.15, -0.1) is 6.58 Å². The van der Waals surface area contributed by atoms with Crippen LogP contribution >= 0.6 is 0 Å². The molecule has 1 saturated carbocycles. The first-order valence-electron chi connectivity index (χ1n) is 6.02. The van der Waals surface area contributed by atoms with Crippen LogP contribution in [0.5, 0.6) is 0 Å². The fourth-order valence-corrected chi connectivity index (χ4v) is 2.34. The van der Waals surface area contributed by atoms with E-state index < -0.39 is 0 Å². The molecule has 0 bridgehead atoms. The molecule has 1 fully saturated rings. The van der Waals surface area contributed by atoms with E-state index >= 15 is 0 Å². The average molecular weight is 200 g/mol. The molecule has 0 nitrogen and oxygen atoms in total. The highest BCUT2D eigenvalue weighted by molar-refractivity contribution is 5.43. The van der Waals surface area contributed by atoms with Gasteiger partial charge in [0.1, 0.15) is 0 Å². The lowest BCUT2D eigenvalue weighted by Gasteiger charge is -2.16. The van der Waals surface area contributed by atoms with Crippen molar-refractivity contribution in [3.63, 3.8) is 0 Å². The van der Waals surface area contributed by atoms with Gasteiger partial charge in [0, 0.05) is 0 Å². The zero-order valence-corrected chi connectivity index (χ0v) is 9.79. The van der Waals surface area contributed by atoms with Crippen molar-refractivity contribution >= 4 is 0 Å². The second-order valence-corrected chi connectivity index (χ2v) is 4.57. The minimum atomic E-state index is 0.493. The molecule has 0 heteroatoms. The Hall–Kier alpha value is -1.04. The number of aryl methyl sites for hydroxylation is 1. The molecule has 2 rings (SSSR count). The highest BCUT2D eigenvalue weighted by atomic mass is 14.3. The Labute approximate surface area is 93.0 Å². The summed E-state index contributed by atoms with van der Waals surface area (Å²) >= 11 is 0. The Kier molecular flexibility index (Phi) is 2.95. The van der Waals surface area contributed by atoms with Crippen molar-refractivity contribution in [2.45, 2.75) is 44.9 Å². The molecule has 15 heavy (non-hydrogen) atoms. The standard InChI is InChI=1S/C15H20/c1-4-11(3)14-8-6-7-12(5-2)15(14)13-9-10-13/h4,6-8,11,13H,1,5,9-10H2,2-3H3. The Balaban J connectivity index is 2.47. The van der Waals surface area contributed by atoms with Crippen molar-refractivity contribution in [2.75, 3.05) is 0 Å². The largest absolute Gasteiger partial charge is 0.102 e. The van der Waals surface area contributed by atoms with Crippen LogP contribution in [0.3, 0.4) is 0 Å². The third kappa shape index (κ3) is 1.99. The molecule has 0 radical (unpaired) electrons. The molecule has 1 aromatic rings. The first kappa shape index (κ1) is 10.5. The fraction of sp³-hybridized carbons (Fsp3) is 0.467. The second kappa shape index (κ2) is 4.22. The first-order valence-corrected chi connectivity index (χ1v) is 6.02. The molecular formula is C15H20. The number of allylic oxidation sites excluding steroid dienone is 1. The summed E-state index contributed by atoms with van der Waals surface area (Å²) < 4.78 is 0. The summed E-state index contributed by atoms with van der Waals surface area (Å²) in [5, 5.41) is 0. The van der Waals surface area contributed by atoms with Gasteiger partial charge in [-0.05, 0) is 47.8 Å². The van der Waals surface area contributed by atoms with Gasteiger partial charge >= 0.3 is 0 Å². The number of hydrogen-bond acceptors (Lipinski definition) is 0. The molecule has 0 spiro atoms. The minimum absolute atomic E-state index is 0.493. The summed E-state index contributed by atoms with van der Waals surface area (Å²) in [6, 6.07) is 6.76. The second-order valence-electron chi connectivity index (χ2n) is 4.57. The highest BCUT2D eigenvalue weighted by Crippen LogP contribution is 2.45. The van der Waals surface area contributed by atoms with Crippen molar-refractivity contribution in [3.05, 3.63) is 47.5 Å². The molecule has 0 heterocycles. The van der Waals surface area contributed by atoms with Gasteiger partial charge in [-0.3, -0.25) is 0 Å². The van der Waals surface area contributed by atoms with E-state index in [4.69, 9.17) is 0 Å². The van der Waals surface area contributed by atoms with E-state index in [1.54, 1.807) is 11.1 Å². The maximum absolute atomic E-state index is 3.91. The highest BCUT2D eigenvalue weighted by Gasteiger charge is 2.28. The van der Waals surface area contributed by atoms with Gasteiger partial charge in [0.25, 0.3) is 0 Å². The van der Waals surface area contributed by atoms with E-state index in [0.29, 0.717) is 5.92 Å². The molecule has 0 aliphatic heterocycles. The van der Waals surface area contributed by atoms with E-state index in [0.717, 1.165) is 12.3 Å². The number of hydrogen-bond donors (Lipinski definition) is 0. The SMILES string of the molecule is C=CC(C)c1cccc(CC)c1C1CC1. The Bertz CT molecular complexity index is 358. The number of benzene rings is 1. The third-order valence-corrected chi connectivity index (χ3v) is 3.44. The van der Waals surface area contributed by atoms with E-state index in [1.165, 1.54) is 18.4 Å². The van der Waals surface area contributed by atoms with Gasteiger partial charge in [-0.2, -0.15) is 0 Å². The smallest absolute Gasteiger partial charge is 0.00102 e. The van der Waals surface area contributed by atoms with Crippen molar-refractivity contribution in [2.24, 2.45) is 0 Å². The summed E-state index contributed by atoms with van der Waals surface area (Å²) in [6.07, 6.45) is 5.98. The molecule has 1 aliphatic carbocycles. The Morgan fingerprint density at radius 1 is 1.47 bits per heavy atom. The van der Waals surface area contributed by atoms with Crippen LogP contribution < -0.4 is 0 Å². The molecule has 1 aliphatic rings. The van der Waals surface area contributed by atoms with Crippen molar-refractivity contribution < 1.29 is 0 Å². The zero-order valence-electron chi connectivity index (χ0n) is 9.79. The monoisotopic (exact) mass is 200 g/mol. The van der Waals surface area contributed by atoms with Gasteiger partial charge in [0.2, 0.25) is 0 Å². The molecule has 0 amide bonds. The molecule has 0 saturated heterocycles. The minimum Gasteiger partial charge on any atom is -0.102 e. The normalized spacial score (nSPS) is 17.5. The maximum atomic E-state index is 3.91. The molecule has 1 atom stereocenters. The van der Waals surface area contributed by atoms with Crippen LogP contribution in [0.4, 0.5) is 0 Å². The topological polar surface area (TPSA) is 0 Å². The van der Waals surface area contributed by atoms with E-state index in [1.807, 2.05) is 0 Å². The van der Waals surface area contributed by atoms with Crippen LogP contribution in [0, 0.1) is 0 Å². The Morgan fingerprint density at radius 3 is 2.73 bits per heavy atom. The molecule has 0 N–H and O–H groups in total. The van der Waals surface area contributed by atoms with Crippen molar-refractivity contribution in [3.8, 4) is 0 Å². The van der Waals surface area contributed by atoms with Crippen LogP contribution in [0.25, 0.3) is 0 Å². The quantitative estimate of drug-likeness (QED) is 0.631. The summed E-state index contributed by atoms with van der Waals surface area (Å²) in [5.74, 6) is 1.34.